The van der Waals surface area contributed by atoms with Gasteiger partial charge in [0, 0.05) is 48.5 Å². The molecule has 0 amide bonds. The molecule has 6 aromatic carbocycles. The minimum absolute atomic E-state index is 0.401. The number of carbonyl (C=O) groups is 2. The predicted octanol–water partition coefficient (Wildman–Crippen LogP) is 9.68. The van der Waals surface area contributed by atoms with Gasteiger partial charge in [-0.2, -0.15) is 9.13 Å². The van der Waals surface area contributed by atoms with Gasteiger partial charge in [0.25, 0.3) is 0 Å². The lowest BCUT2D eigenvalue weighted by Gasteiger charge is -2.06. The van der Waals surface area contributed by atoms with Gasteiger partial charge >= 0.3 is 11.9 Å². The Morgan fingerprint density at radius 2 is 0.611 bits per heavy atom. The van der Waals surface area contributed by atoms with E-state index in [-0.39, 0.29) is 0 Å². The summed E-state index contributed by atoms with van der Waals surface area (Å²) in [5.74, 6) is 0.168. The average molecular weight is 703 g/mol. The number of pyridine rings is 2. The minimum Gasteiger partial charge on any atom is -0.423 e. The number of carbonyl (C=O) groups excluding carboxylic acids is 2. The number of esters is 2. The van der Waals surface area contributed by atoms with Crippen LogP contribution in [0.2, 0.25) is 0 Å². The van der Waals surface area contributed by atoms with Crippen LogP contribution >= 0.6 is 0 Å². The van der Waals surface area contributed by atoms with Crippen molar-refractivity contribution in [3.05, 3.63) is 218 Å². The molecule has 2 aromatic heterocycles. The first-order chi connectivity index (χ1) is 26.6. The van der Waals surface area contributed by atoms with Crippen LogP contribution in [0.4, 0.5) is 0 Å². The Bertz CT molecular complexity index is 2500. The quantitative estimate of drug-likeness (QED) is 0.0854. The Kier molecular flexibility index (Phi) is 9.63. The molecule has 54 heavy (non-hydrogen) atoms. The van der Waals surface area contributed by atoms with Gasteiger partial charge in [0.2, 0.25) is 11.4 Å². The highest BCUT2D eigenvalue weighted by Crippen LogP contribution is 2.24. The molecule has 0 aliphatic heterocycles. The molecule has 2 heterocycles. The molecule has 6 heteroatoms. The van der Waals surface area contributed by atoms with Crippen molar-refractivity contribution in [2.24, 2.45) is 0 Å². The first-order valence-electron chi connectivity index (χ1n) is 17.5. The number of hydrogen-bond acceptors (Lipinski definition) is 4. The van der Waals surface area contributed by atoms with E-state index in [1.807, 2.05) is 155 Å². The zero-order valence-corrected chi connectivity index (χ0v) is 29.2. The molecule has 6 nitrogen and oxygen atoms in total. The van der Waals surface area contributed by atoms with Gasteiger partial charge in [0.15, 0.2) is 24.8 Å². The molecule has 0 aliphatic carbocycles. The van der Waals surface area contributed by atoms with Crippen LogP contribution in [0.3, 0.4) is 0 Å². The molecule has 0 saturated heterocycles. The van der Waals surface area contributed by atoms with Crippen molar-refractivity contribution < 1.29 is 28.2 Å². The summed E-state index contributed by atoms with van der Waals surface area (Å²) in [6, 6.07) is 58.0. The van der Waals surface area contributed by atoms with Gasteiger partial charge < -0.3 is 9.47 Å². The number of ether oxygens (including phenoxy) is 2. The van der Waals surface area contributed by atoms with Crippen molar-refractivity contribution in [1.82, 2.24) is 0 Å². The number of hydrogen-bond donors (Lipinski definition) is 0. The Morgan fingerprint density at radius 3 is 1.02 bits per heavy atom. The van der Waals surface area contributed by atoms with E-state index in [0.717, 1.165) is 44.8 Å². The Balaban J connectivity index is 0.858. The topological polar surface area (TPSA) is 60.4 Å². The van der Waals surface area contributed by atoms with Crippen LogP contribution in [0.15, 0.2) is 207 Å². The molecule has 0 saturated carbocycles. The average Bonchev–Trinajstić information content (AvgIpc) is 3.25. The molecule has 0 unspecified atom stereocenters. The van der Waals surface area contributed by atoms with E-state index < -0.39 is 11.9 Å². The minimum atomic E-state index is -0.406. The Morgan fingerprint density at radius 1 is 0.315 bits per heavy atom. The van der Waals surface area contributed by atoms with Gasteiger partial charge in [-0.3, -0.25) is 0 Å². The molecule has 8 aromatic rings. The summed E-state index contributed by atoms with van der Waals surface area (Å²) in [6.07, 6.45) is 7.99. The highest BCUT2D eigenvalue weighted by atomic mass is 16.5. The lowest BCUT2D eigenvalue weighted by atomic mass is 10.0. The fourth-order valence-corrected chi connectivity index (χ4v) is 6.15. The van der Waals surface area contributed by atoms with E-state index >= 15 is 0 Å². The molecule has 0 N–H and O–H groups in total. The fourth-order valence-electron chi connectivity index (χ4n) is 6.15. The maximum absolute atomic E-state index is 12.8. The molecule has 0 spiro atoms. The van der Waals surface area contributed by atoms with Gasteiger partial charge in [0.1, 0.15) is 11.5 Å². The van der Waals surface area contributed by atoms with E-state index in [2.05, 4.69) is 24.3 Å². The lowest BCUT2D eigenvalue weighted by molar-refractivity contribution is -0.596. The third kappa shape index (κ3) is 7.73. The van der Waals surface area contributed by atoms with Crippen molar-refractivity contribution in [3.8, 4) is 56.3 Å². The maximum atomic E-state index is 12.8. The zero-order valence-electron chi connectivity index (χ0n) is 29.2. The van der Waals surface area contributed by atoms with Crippen molar-refractivity contribution >= 4 is 11.9 Å². The number of nitrogens with zero attached hydrogens (tertiary/aromatic N) is 2. The summed E-state index contributed by atoms with van der Waals surface area (Å²) in [7, 11) is 0. The summed E-state index contributed by atoms with van der Waals surface area (Å²) < 4.78 is 15.3. The van der Waals surface area contributed by atoms with Crippen LogP contribution in [0.25, 0.3) is 44.8 Å². The zero-order chi connectivity index (χ0) is 36.7. The number of rotatable bonds is 9. The molecule has 0 fully saturated rings. The highest BCUT2D eigenvalue weighted by molar-refractivity contribution is 5.92. The SMILES string of the molecule is O=C(Oc1ccc(-[n+]2ccc(-c3cc[n+](-c4ccc(C(=O)Oc5ccc(-c6ccccc6)cc5)cc4)cc3)cc2)cc1)c1ccc(-c2ccccc2)cc1. The lowest BCUT2D eigenvalue weighted by Crippen LogP contribution is -2.29. The number of benzene rings is 6. The summed E-state index contributed by atoms with van der Waals surface area (Å²) in [5.41, 5.74) is 9.27. The van der Waals surface area contributed by atoms with Crippen molar-refractivity contribution in [2.75, 3.05) is 0 Å². The first-order valence-corrected chi connectivity index (χ1v) is 17.5. The van der Waals surface area contributed by atoms with E-state index in [4.69, 9.17) is 9.47 Å². The molecule has 258 valence electrons. The van der Waals surface area contributed by atoms with Gasteiger partial charge in [-0.1, -0.05) is 84.9 Å². The second-order valence-corrected chi connectivity index (χ2v) is 12.6. The van der Waals surface area contributed by atoms with Crippen molar-refractivity contribution in [2.45, 2.75) is 0 Å². The van der Waals surface area contributed by atoms with Crippen LogP contribution in [0.1, 0.15) is 20.7 Å². The summed E-state index contributed by atoms with van der Waals surface area (Å²) in [6.45, 7) is 0. The van der Waals surface area contributed by atoms with Gasteiger partial charge in [0.05, 0.1) is 11.1 Å². The van der Waals surface area contributed by atoms with E-state index in [0.29, 0.717) is 22.6 Å². The molecule has 8 rings (SSSR count). The highest BCUT2D eigenvalue weighted by Gasteiger charge is 2.14. The fraction of sp³-hybridized carbons (Fsp3) is 0. The Hall–Kier alpha value is -7.44. The first kappa shape index (κ1) is 33.7. The molecule has 0 aliphatic rings. The Labute approximate surface area is 313 Å². The molecule has 0 bridgehead atoms. The van der Waals surface area contributed by atoms with Gasteiger partial charge in [-0.15, -0.1) is 0 Å². The van der Waals surface area contributed by atoms with Gasteiger partial charge in [-0.05, 0) is 81.9 Å². The van der Waals surface area contributed by atoms with E-state index in [1.165, 1.54) is 0 Å². The summed E-state index contributed by atoms with van der Waals surface area (Å²) in [5, 5.41) is 0. The van der Waals surface area contributed by atoms with E-state index in [1.54, 1.807) is 36.4 Å². The summed E-state index contributed by atoms with van der Waals surface area (Å²) >= 11 is 0. The van der Waals surface area contributed by atoms with Crippen LogP contribution < -0.4 is 18.6 Å². The normalized spacial score (nSPS) is 10.7. The molecule has 0 atom stereocenters. The third-order valence-corrected chi connectivity index (χ3v) is 9.14. The second-order valence-electron chi connectivity index (χ2n) is 12.6. The molecule has 0 radical (unpaired) electrons. The van der Waals surface area contributed by atoms with Crippen LogP contribution in [0, 0.1) is 0 Å². The summed E-state index contributed by atoms with van der Waals surface area (Å²) in [4.78, 5) is 25.6. The van der Waals surface area contributed by atoms with Crippen LogP contribution in [0.5, 0.6) is 11.5 Å². The van der Waals surface area contributed by atoms with E-state index in [9.17, 15) is 9.59 Å². The monoisotopic (exact) mass is 702 g/mol. The molecular formula is C48H34N2O4+2. The number of aromatic nitrogens is 2. The maximum Gasteiger partial charge on any atom is 0.343 e. The third-order valence-electron chi connectivity index (χ3n) is 9.14. The predicted molar refractivity (Wildman–Crippen MR) is 209 cm³/mol. The van der Waals surface area contributed by atoms with Crippen molar-refractivity contribution in [1.29, 1.82) is 0 Å². The van der Waals surface area contributed by atoms with Crippen LogP contribution in [-0.2, 0) is 0 Å². The molecular weight excluding hydrogens is 669 g/mol. The smallest absolute Gasteiger partial charge is 0.343 e. The largest absolute Gasteiger partial charge is 0.423 e. The van der Waals surface area contributed by atoms with Crippen molar-refractivity contribution in [3.63, 3.8) is 0 Å². The standard InChI is InChI=1S/C48H34N2O4/c51-47(41-13-11-37(12-14-41)35-7-3-1-4-8-35)54-46-25-21-44(22-26-46)50-33-29-40(30-34-50)39-27-31-49(32-28-39)43-19-15-42(16-20-43)48(52)53-45-23-17-38(18-24-45)36-9-5-2-6-10-36/h1-34H/q+2. The van der Waals surface area contributed by atoms with Gasteiger partial charge in [-0.25, -0.2) is 9.59 Å². The van der Waals surface area contributed by atoms with Crippen LogP contribution in [-0.4, -0.2) is 11.9 Å². The second kappa shape index (κ2) is 15.4.